The summed E-state index contributed by atoms with van der Waals surface area (Å²) in [6.07, 6.45) is 8.51. The van der Waals surface area contributed by atoms with Crippen LogP contribution in [-0.2, 0) is 5.88 Å². The van der Waals surface area contributed by atoms with E-state index in [4.69, 9.17) is 11.6 Å². The van der Waals surface area contributed by atoms with Gasteiger partial charge in [-0.1, -0.05) is 19.3 Å². The first kappa shape index (κ1) is 14.3. The Bertz CT molecular complexity index is 604. The highest BCUT2D eigenvalue weighted by Gasteiger charge is 2.25. The second kappa shape index (κ2) is 6.02. The van der Waals surface area contributed by atoms with Gasteiger partial charge < -0.3 is 4.57 Å². The monoisotopic (exact) mass is 355 g/mol. The Kier molecular flexibility index (Phi) is 4.32. The van der Waals surface area contributed by atoms with Crippen LogP contribution in [0.1, 0.15) is 50.9 Å². The Morgan fingerprint density at radius 2 is 2.15 bits per heavy atom. The van der Waals surface area contributed by atoms with Gasteiger partial charge in [-0.15, -0.1) is 11.6 Å². The Labute approximate surface area is 132 Å². The van der Waals surface area contributed by atoms with Crippen LogP contribution >= 0.6 is 27.5 Å². The highest BCUT2D eigenvalue weighted by Crippen LogP contribution is 2.35. The fourth-order valence-electron chi connectivity index (χ4n) is 3.35. The Hall–Kier alpha value is -0.610. The van der Waals surface area contributed by atoms with Gasteiger partial charge in [-0.2, -0.15) is 0 Å². The van der Waals surface area contributed by atoms with E-state index in [-0.39, 0.29) is 0 Å². The quantitative estimate of drug-likeness (QED) is 0.718. The molecule has 1 atom stereocenters. The zero-order valence-electron chi connectivity index (χ0n) is 11.6. The van der Waals surface area contributed by atoms with E-state index < -0.39 is 0 Å². The molecular formula is C15H19BrClN3. The molecule has 0 bridgehead atoms. The molecule has 0 spiro atoms. The number of hydrogen-bond donors (Lipinski definition) is 0. The zero-order valence-corrected chi connectivity index (χ0v) is 14.0. The summed E-state index contributed by atoms with van der Waals surface area (Å²) in [5, 5.41) is 0. The molecule has 3 rings (SSSR count). The number of rotatable bonds is 3. The first-order chi connectivity index (χ1) is 9.70. The van der Waals surface area contributed by atoms with Crippen molar-refractivity contribution in [2.75, 3.05) is 0 Å². The summed E-state index contributed by atoms with van der Waals surface area (Å²) in [6.45, 7) is 2.29. The number of halogens is 2. The largest absolute Gasteiger partial charge is 0.309 e. The van der Waals surface area contributed by atoms with Crippen molar-refractivity contribution in [3.63, 3.8) is 0 Å². The van der Waals surface area contributed by atoms with Gasteiger partial charge in [0, 0.05) is 16.7 Å². The number of nitrogens with zero attached hydrogens (tertiary/aromatic N) is 3. The number of imidazole rings is 1. The number of pyridine rings is 1. The van der Waals surface area contributed by atoms with Crippen LogP contribution in [0.25, 0.3) is 11.2 Å². The number of aromatic nitrogens is 3. The minimum atomic E-state index is 0.419. The van der Waals surface area contributed by atoms with E-state index in [2.05, 4.69) is 37.4 Å². The van der Waals surface area contributed by atoms with Gasteiger partial charge in [-0.25, -0.2) is 9.97 Å². The molecule has 1 unspecified atom stereocenters. The van der Waals surface area contributed by atoms with Gasteiger partial charge in [0.05, 0.1) is 5.88 Å². The first-order valence-corrected chi connectivity index (χ1v) is 8.61. The molecule has 20 heavy (non-hydrogen) atoms. The fraction of sp³-hybridized carbons (Fsp3) is 0.600. The van der Waals surface area contributed by atoms with Crippen molar-refractivity contribution in [3.8, 4) is 0 Å². The summed E-state index contributed by atoms with van der Waals surface area (Å²) in [5.41, 5.74) is 1.89. The van der Waals surface area contributed by atoms with E-state index in [0.717, 1.165) is 21.5 Å². The molecule has 1 saturated carbocycles. The molecule has 2 aromatic heterocycles. The van der Waals surface area contributed by atoms with Crippen LogP contribution in [0.15, 0.2) is 16.7 Å². The molecule has 0 amide bonds. The van der Waals surface area contributed by atoms with Crippen LogP contribution in [0.4, 0.5) is 0 Å². The molecule has 108 valence electrons. The predicted molar refractivity (Wildman–Crippen MR) is 86.1 cm³/mol. The molecule has 2 aromatic rings. The lowest BCUT2D eigenvalue weighted by atomic mass is 9.84. The highest BCUT2D eigenvalue weighted by molar-refractivity contribution is 9.10. The number of alkyl halides is 1. The van der Waals surface area contributed by atoms with Gasteiger partial charge in [-0.05, 0) is 47.7 Å². The molecule has 1 aliphatic rings. The van der Waals surface area contributed by atoms with E-state index in [0.29, 0.717) is 17.8 Å². The average Bonchev–Trinajstić information content (AvgIpc) is 2.84. The minimum absolute atomic E-state index is 0.419. The molecule has 2 heterocycles. The van der Waals surface area contributed by atoms with Crippen molar-refractivity contribution in [2.45, 2.75) is 50.9 Å². The van der Waals surface area contributed by atoms with Crippen LogP contribution in [0.2, 0.25) is 0 Å². The molecule has 0 saturated heterocycles. The van der Waals surface area contributed by atoms with Crippen LogP contribution in [0.5, 0.6) is 0 Å². The number of hydrogen-bond acceptors (Lipinski definition) is 2. The summed E-state index contributed by atoms with van der Waals surface area (Å²) >= 11 is 9.56. The highest BCUT2D eigenvalue weighted by atomic mass is 79.9. The molecular weight excluding hydrogens is 338 g/mol. The summed E-state index contributed by atoms with van der Waals surface area (Å²) < 4.78 is 3.21. The van der Waals surface area contributed by atoms with Gasteiger partial charge in [-0.3, -0.25) is 0 Å². The molecule has 1 fully saturated rings. The molecule has 0 aromatic carbocycles. The smallest absolute Gasteiger partial charge is 0.160 e. The summed E-state index contributed by atoms with van der Waals surface area (Å²) in [6, 6.07) is 2.44. The third-order valence-corrected chi connectivity index (χ3v) is 5.10. The van der Waals surface area contributed by atoms with Crippen molar-refractivity contribution >= 4 is 38.7 Å². The molecule has 0 N–H and O–H groups in total. The van der Waals surface area contributed by atoms with Crippen LogP contribution in [0, 0.1) is 5.92 Å². The molecule has 0 radical (unpaired) electrons. The zero-order chi connectivity index (χ0) is 14.1. The standard InChI is InChI=1S/C15H19BrClN3/c1-10(11-5-3-2-4-6-11)20-14(8-17)19-13-7-12(16)9-18-15(13)20/h7,9-11H,2-6,8H2,1H3. The fourth-order valence-corrected chi connectivity index (χ4v) is 3.86. The third kappa shape index (κ3) is 2.60. The van der Waals surface area contributed by atoms with E-state index in [1.807, 2.05) is 12.3 Å². The molecule has 0 aliphatic heterocycles. The second-order valence-corrected chi connectivity index (χ2v) is 6.85. The lowest BCUT2D eigenvalue weighted by Crippen LogP contribution is -2.21. The Morgan fingerprint density at radius 3 is 2.85 bits per heavy atom. The summed E-state index contributed by atoms with van der Waals surface area (Å²) in [7, 11) is 0. The van der Waals surface area contributed by atoms with Crippen molar-refractivity contribution in [1.82, 2.24) is 14.5 Å². The van der Waals surface area contributed by atoms with E-state index in [9.17, 15) is 0 Å². The Balaban J connectivity index is 2.04. The summed E-state index contributed by atoms with van der Waals surface area (Å²) in [4.78, 5) is 9.21. The average molecular weight is 357 g/mol. The van der Waals surface area contributed by atoms with Crippen molar-refractivity contribution in [2.24, 2.45) is 5.92 Å². The van der Waals surface area contributed by atoms with E-state index in [1.54, 1.807) is 0 Å². The van der Waals surface area contributed by atoms with Crippen LogP contribution in [0.3, 0.4) is 0 Å². The maximum atomic E-state index is 6.10. The van der Waals surface area contributed by atoms with Gasteiger partial charge in [0.1, 0.15) is 11.3 Å². The molecule has 5 heteroatoms. The lowest BCUT2D eigenvalue weighted by molar-refractivity contribution is 0.264. The predicted octanol–water partition coefficient (Wildman–Crippen LogP) is 5.07. The lowest BCUT2D eigenvalue weighted by Gasteiger charge is -2.29. The van der Waals surface area contributed by atoms with Crippen molar-refractivity contribution < 1.29 is 0 Å². The normalized spacial score (nSPS) is 18.6. The molecule has 3 nitrogen and oxygen atoms in total. The second-order valence-electron chi connectivity index (χ2n) is 5.67. The maximum absolute atomic E-state index is 6.10. The van der Waals surface area contributed by atoms with Crippen molar-refractivity contribution in [1.29, 1.82) is 0 Å². The Morgan fingerprint density at radius 1 is 1.40 bits per heavy atom. The van der Waals surface area contributed by atoms with E-state index in [1.165, 1.54) is 32.1 Å². The van der Waals surface area contributed by atoms with Gasteiger partial charge in [0.25, 0.3) is 0 Å². The minimum Gasteiger partial charge on any atom is -0.309 e. The maximum Gasteiger partial charge on any atom is 0.160 e. The topological polar surface area (TPSA) is 30.7 Å². The van der Waals surface area contributed by atoms with Crippen molar-refractivity contribution in [3.05, 3.63) is 22.6 Å². The summed E-state index contributed by atoms with van der Waals surface area (Å²) in [5.74, 6) is 2.09. The first-order valence-electron chi connectivity index (χ1n) is 7.29. The number of fused-ring (bicyclic) bond motifs is 1. The van der Waals surface area contributed by atoms with Crippen LogP contribution in [-0.4, -0.2) is 14.5 Å². The third-order valence-electron chi connectivity index (χ3n) is 4.43. The van der Waals surface area contributed by atoms with E-state index >= 15 is 0 Å². The molecule has 1 aliphatic carbocycles. The van der Waals surface area contributed by atoms with Gasteiger partial charge in [0.15, 0.2) is 5.65 Å². The van der Waals surface area contributed by atoms with Crippen LogP contribution < -0.4 is 0 Å². The SMILES string of the molecule is CC(C1CCCCC1)n1c(CCl)nc2cc(Br)cnc21. The van der Waals surface area contributed by atoms with Gasteiger partial charge in [0.2, 0.25) is 0 Å². The van der Waals surface area contributed by atoms with Gasteiger partial charge >= 0.3 is 0 Å².